The maximum atomic E-state index is 12.6. The normalized spacial score (nSPS) is 10.9. The van der Waals surface area contributed by atoms with E-state index in [0.717, 1.165) is 0 Å². The number of rotatable bonds is 9. The summed E-state index contributed by atoms with van der Waals surface area (Å²) in [5, 5.41) is 3.19. The topological polar surface area (TPSA) is 103 Å². The van der Waals surface area contributed by atoms with Gasteiger partial charge >= 0.3 is 0 Å². The van der Waals surface area contributed by atoms with Crippen LogP contribution in [-0.4, -0.2) is 35.2 Å². The number of halogens is 2. The van der Waals surface area contributed by atoms with Crippen molar-refractivity contribution in [1.82, 2.24) is 0 Å². The van der Waals surface area contributed by atoms with Gasteiger partial charge in [0.05, 0.1) is 24.1 Å². The van der Waals surface area contributed by atoms with Crippen molar-refractivity contribution in [1.29, 1.82) is 0 Å². The second kappa shape index (κ2) is 10.7. The van der Waals surface area contributed by atoms with Crippen LogP contribution in [0.5, 0.6) is 17.2 Å². The summed E-state index contributed by atoms with van der Waals surface area (Å²) in [4.78, 5) is 12.2. The fourth-order valence-corrected chi connectivity index (χ4v) is 4.26. The molecule has 3 rings (SSSR count). The van der Waals surface area contributed by atoms with Crippen molar-refractivity contribution in [2.24, 2.45) is 0 Å². The Morgan fingerprint density at radius 3 is 2.12 bits per heavy atom. The number of carbonyl (C=O) groups is 1. The first-order valence-electron chi connectivity index (χ1n) is 9.44. The van der Waals surface area contributed by atoms with Crippen molar-refractivity contribution in [3.8, 4) is 17.2 Å². The van der Waals surface area contributed by atoms with E-state index in [4.69, 9.17) is 37.4 Å². The number of amides is 1. The number of carbonyl (C=O) groups excluding carboxylic acids is 1. The molecular formula is C22H20Cl2N2O6S. The van der Waals surface area contributed by atoms with Gasteiger partial charge in [-0.3, -0.25) is 9.52 Å². The number of hydrogen-bond donors (Lipinski definition) is 2. The zero-order chi connectivity index (χ0) is 24.0. The van der Waals surface area contributed by atoms with Crippen LogP contribution in [0, 0.1) is 0 Å². The molecule has 0 saturated heterocycles. The molecule has 0 unspecified atom stereocenters. The Bertz CT molecular complexity index is 1250. The van der Waals surface area contributed by atoms with E-state index in [9.17, 15) is 13.2 Å². The van der Waals surface area contributed by atoms with Crippen LogP contribution in [0.25, 0.3) is 0 Å². The highest BCUT2D eigenvalue weighted by Crippen LogP contribution is 2.30. The van der Waals surface area contributed by atoms with E-state index in [1.807, 2.05) is 0 Å². The molecule has 174 valence electrons. The van der Waals surface area contributed by atoms with Crippen LogP contribution in [-0.2, 0) is 14.8 Å². The highest BCUT2D eigenvalue weighted by atomic mass is 35.5. The van der Waals surface area contributed by atoms with Gasteiger partial charge in [-0.05, 0) is 54.6 Å². The quantitative estimate of drug-likeness (QED) is 0.427. The molecule has 0 spiro atoms. The van der Waals surface area contributed by atoms with Gasteiger partial charge in [-0.15, -0.1) is 0 Å². The van der Waals surface area contributed by atoms with Gasteiger partial charge in [-0.1, -0.05) is 23.2 Å². The molecule has 0 atom stereocenters. The first-order valence-corrected chi connectivity index (χ1v) is 11.7. The van der Waals surface area contributed by atoms with Crippen LogP contribution >= 0.6 is 23.2 Å². The minimum absolute atomic E-state index is 0.0351. The van der Waals surface area contributed by atoms with Gasteiger partial charge in [0.25, 0.3) is 15.9 Å². The van der Waals surface area contributed by atoms with E-state index in [0.29, 0.717) is 27.9 Å². The molecule has 3 aromatic carbocycles. The fraction of sp³-hybridized carbons (Fsp3) is 0.136. The molecule has 0 bridgehead atoms. The molecule has 0 aliphatic carbocycles. The second-order valence-electron chi connectivity index (χ2n) is 6.61. The molecule has 3 aromatic rings. The molecule has 2 N–H and O–H groups in total. The summed E-state index contributed by atoms with van der Waals surface area (Å²) in [5.74, 6) is 0.700. The van der Waals surface area contributed by atoms with Crippen molar-refractivity contribution in [3.63, 3.8) is 0 Å². The van der Waals surface area contributed by atoms with Gasteiger partial charge in [-0.2, -0.15) is 0 Å². The lowest BCUT2D eigenvalue weighted by atomic mass is 10.2. The zero-order valence-corrected chi connectivity index (χ0v) is 19.9. The molecule has 33 heavy (non-hydrogen) atoms. The Balaban J connectivity index is 1.63. The van der Waals surface area contributed by atoms with Crippen molar-refractivity contribution in [2.75, 3.05) is 30.9 Å². The third-order valence-corrected chi connectivity index (χ3v) is 6.26. The van der Waals surface area contributed by atoms with Crippen LogP contribution < -0.4 is 24.2 Å². The summed E-state index contributed by atoms with van der Waals surface area (Å²) in [7, 11) is -0.883. The molecule has 1 amide bonds. The maximum absolute atomic E-state index is 12.6. The number of anilines is 2. The predicted octanol–water partition coefficient (Wildman–Crippen LogP) is 4.83. The molecule has 8 nitrogen and oxygen atoms in total. The fourth-order valence-electron chi connectivity index (χ4n) is 2.75. The zero-order valence-electron chi connectivity index (χ0n) is 17.6. The Morgan fingerprint density at radius 1 is 0.848 bits per heavy atom. The lowest BCUT2D eigenvalue weighted by Gasteiger charge is -2.12. The molecule has 0 heterocycles. The van der Waals surface area contributed by atoms with E-state index >= 15 is 0 Å². The smallest absolute Gasteiger partial charge is 0.262 e. The Kier molecular flexibility index (Phi) is 7.91. The largest absolute Gasteiger partial charge is 0.493 e. The van der Waals surface area contributed by atoms with Gasteiger partial charge in [-0.25, -0.2) is 8.42 Å². The average Bonchev–Trinajstić information content (AvgIpc) is 2.79. The number of sulfonamides is 1. The molecule has 11 heteroatoms. The standard InChI is InChI=1S/C22H20Cl2N2O6S/c1-30-20-9-7-16(11-21(20)31-2)25-22(27)13-32-19-10-8-17(12-18(19)24)33(28,29)26-15-5-3-14(23)4-6-15/h3-12,26H,13H2,1-2H3,(H,25,27). The van der Waals surface area contributed by atoms with E-state index < -0.39 is 15.9 Å². The third-order valence-electron chi connectivity index (χ3n) is 4.34. The van der Waals surface area contributed by atoms with Gasteiger partial charge < -0.3 is 19.5 Å². The lowest BCUT2D eigenvalue weighted by molar-refractivity contribution is -0.118. The summed E-state index contributed by atoms with van der Waals surface area (Å²) >= 11 is 12.0. The van der Waals surface area contributed by atoms with E-state index in [1.54, 1.807) is 30.3 Å². The van der Waals surface area contributed by atoms with Crippen LogP contribution in [0.4, 0.5) is 11.4 Å². The summed E-state index contributed by atoms with van der Waals surface area (Å²) in [6.07, 6.45) is 0. The van der Waals surface area contributed by atoms with Crippen molar-refractivity contribution >= 4 is 50.5 Å². The molecular weight excluding hydrogens is 491 g/mol. The van der Waals surface area contributed by atoms with E-state index in [1.165, 1.54) is 44.6 Å². The van der Waals surface area contributed by atoms with E-state index in [2.05, 4.69) is 10.0 Å². The molecule has 0 fully saturated rings. The van der Waals surface area contributed by atoms with Gasteiger partial charge in [0.1, 0.15) is 5.75 Å². The minimum atomic E-state index is -3.88. The lowest BCUT2D eigenvalue weighted by Crippen LogP contribution is -2.20. The van der Waals surface area contributed by atoms with Crippen molar-refractivity contribution < 1.29 is 27.4 Å². The SMILES string of the molecule is COc1ccc(NC(=O)COc2ccc(S(=O)(=O)Nc3ccc(Cl)cc3)cc2Cl)cc1OC. The predicted molar refractivity (Wildman–Crippen MR) is 127 cm³/mol. The number of nitrogens with one attached hydrogen (secondary N) is 2. The number of benzene rings is 3. The Hall–Kier alpha value is -3.14. The number of methoxy groups -OCH3 is 2. The Morgan fingerprint density at radius 2 is 1.48 bits per heavy atom. The minimum Gasteiger partial charge on any atom is -0.493 e. The second-order valence-corrected chi connectivity index (χ2v) is 9.14. The number of ether oxygens (including phenoxy) is 3. The molecule has 0 aliphatic heterocycles. The monoisotopic (exact) mass is 510 g/mol. The van der Waals surface area contributed by atoms with Crippen LogP contribution in [0.2, 0.25) is 10.0 Å². The summed E-state index contributed by atoms with van der Waals surface area (Å²) < 4.78 is 43.4. The molecule has 0 saturated carbocycles. The summed E-state index contributed by atoms with van der Waals surface area (Å²) in [6.45, 7) is -0.344. The molecule has 0 aliphatic rings. The molecule has 0 aromatic heterocycles. The Labute approximate surface area is 201 Å². The van der Waals surface area contributed by atoms with Crippen molar-refractivity contribution in [3.05, 3.63) is 70.7 Å². The van der Waals surface area contributed by atoms with Crippen LogP contribution in [0.1, 0.15) is 0 Å². The highest BCUT2D eigenvalue weighted by Gasteiger charge is 2.17. The number of hydrogen-bond acceptors (Lipinski definition) is 6. The van der Waals surface area contributed by atoms with Crippen LogP contribution in [0.15, 0.2) is 65.6 Å². The summed E-state index contributed by atoms with van der Waals surface area (Å²) in [6, 6.07) is 15.1. The van der Waals surface area contributed by atoms with E-state index in [-0.39, 0.29) is 22.3 Å². The summed E-state index contributed by atoms with van der Waals surface area (Å²) in [5.41, 5.74) is 0.838. The average molecular weight is 511 g/mol. The van der Waals surface area contributed by atoms with Crippen molar-refractivity contribution in [2.45, 2.75) is 4.90 Å². The van der Waals surface area contributed by atoms with Gasteiger partial charge in [0.15, 0.2) is 18.1 Å². The first kappa shape index (κ1) is 24.5. The van der Waals surface area contributed by atoms with Gasteiger partial charge in [0, 0.05) is 22.5 Å². The molecule has 0 radical (unpaired) electrons. The van der Waals surface area contributed by atoms with Gasteiger partial charge in [0.2, 0.25) is 0 Å². The highest BCUT2D eigenvalue weighted by molar-refractivity contribution is 7.92. The maximum Gasteiger partial charge on any atom is 0.262 e. The van der Waals surface area contributed by atoms with Crippen LogP contribution in [0.3, 0.4) is 0 Å². The first-order chi connectivity index (χ1) is 15.7. The third kappa shape index (κ3) is 6.44.